The third kappa shape index (κ3) is 7.40. The van der Waals surface area contributed by atoms with Gasteiger partial charge in [0, 0.05) is 10.0 Å². The number of unbranched alkanes of at least 4 members (excludes halogenated alkanes) is 4. The molecule has 0 spiro atoms. The lowest BCUT2D eigenvalue weighted by Gasteiger charge is -2.06. The van der Waals surface area contributed by atoms with Crippen LogP contribution in [-0.4, -0.2) is 18.7 Å². The summed E-state index contributed by atoms with van der Waals surface area (Å²) >= 11 is 3.34. The first-order valence-corrected chi connectivity index (χ1v) is 9.80. The molecule has 0 aromatic heterocycles. The van der Waals surface area contributed by atoms with Crippen LogP contribution in [0.5, 0.6) is 5.75 Å². The Labute approximate surface area is 163 Å². The number of benzene rings is 2. The minimum Gasteiger partial charge on any atom is -0.494 e. The van der Waals surface area contributed by atoms with Gasteiger partial charge in [0.2, 0.25) is 0 Å². The summed E-state index contributed by atoms with van der Waals surface area (Å²) in [4.78, 5) is 12.0. The number of nitrogens with one attached hydrogen (secondary N) is 1. The normalized spacial score (nSPS) is 10.8. The summed E-state index contributed by atoms with van der Waals surface area (Å²) in [6, 6.07) is 14.8. The van der Waals surface area contributed by atoms with Crippen molar-refractivity contribution in [3.63, 3.8) is 0 Å². The Bertz CT molecular complexity index is 697. The highest BCUT2D eigenvalue weighted by atomic mass is 79.9. The molecule has 0 fully saturated rings. The van der Waals surface area contributed by atoms with E-state index in [1.807, 2.05) is 36.4 Å². The summed E-state index contributed by atoms with van der Waals surface area (Å²) in [7, 11) is 0. The molecule has 2 aromatic carbocycles. The maximum absolute atomic E-state index is 12.0. The standard InChI is InChI=1S/C21H25BrN2O2/c1-2-3-4-5-6-15-26-20-13-7-17(8-14-20)16-23-24-21(25)18-9-11-19(22)12-10-18/h7-14,16H,2-6,15H2,1H3,(H,24,25)/b23-16+. The first kappa shape index (κ1) is 20.2. The van der Waals surface area contributed by atoms with Crippen molar-refractivity contribution >= 4 is 28.1 Å². The van der Waals surface area contributed by atoms with E-state index in [1.54, 1.807) is 18.3 Å². The van der Waals surface area contributed by atoms with Gasteiger partial charge in [-0.05, 0) is 60.5 Å². The van der Waals surface area contributed by atoms with Crippen molar-refractivity contribution < 1.29 is 9.53 Å². The monoisotopic (exact) mass is 416 g/mol. The molecule has 0 heterocycles. The largest absolute Gasteiger partial charge is 0.494 e. The summed E-state index contributed by atoms with van der Waals surface area (Å²) in [5, 5.41) is 4.00. The number of amides is 1. The van der Waals surface area contributed by atoms with E-state index in [2.05, 4.69) is 33.4 Å². The molecule has 0 unspecified atom stereocenters. The molecule has 1 N–H and O–H groups in total. The molecule has 5 heteroatoms. The maximum atomic E-state index is 12.0. The van der Waals surface area contributed by atoms with Gasteiger partial charge >= 0.3 is 0 Å². The molecular weight excluding hydrogens is 392 g/mol. The number of halogens is 1. The first-order valence-electron chi connectivity index (χ1n) is 9.01. The third-order valence-electron chi connectivity index (χ3n) is 3.88. The molecule has 0 aliphatic carbocycles. The van der Waals surface area contributed by atoms with E-state index in [0.717, 1.165) is 28.8 Å². The SMILES string of the molecule is CCCCCCCOc1ccc(/C=N/NC(=O)c2ccc(Br)cc2)cc1. The van der Waals surface area contributed by atoms with Crippen LogP contribution < -0.4 is 10.2 Å². The molecule has 0 atom stereocenters. The number of carbonyl (C=O) groups excluding carboxylic acids is 1. The number of carbonyl (C=O) groups is 1. The van der Waals surface area contributed by atoms with E-state index in [-0.39, 0.29) is 5.91 Å². The van der Waals surface area contributed by atoms with Gasteiger partial charge in [-0.1, -0.05) is 48.5 Å². The number of ether oxygens (including phenoxy) is 1. The van der Waals surface area contributed by atoms with Crippen LogP contribution >= 0.6 is 15.9 Å². The van der Waals surface area contributed by atoms with Gasteiger partial charge < -0.3 is 4.74 Å². The van der Waals surface area contributed by atoms with Gasteiger partial charge in [0.15, 0.2) is 0 Å². The molecule has 4 nitrogen and oxygen atoms in total. The summed E-state index contributed by atoms with van der Waals surface area (Å²) < 4.78 is 6.66. The second-order valence-corrected chi connectivity index (χ2v) is 6.95. The van der Waals surface area contributed by atoms with Crippen molar-refractivity contribution in [2.24, 2.45) is 5.10 Å². The van der Waals surface area contributed by atoms with Gasteiger partial charge in [0.1, 0.15) is 5.75 Å². The van der Waals surface area contributed by atoms with Crippen molar-refractivity contribution in [1.82, 2.24) is 5.43 Å². The highest BCUT2D eigenvalue weighted by molar-refractivity contribution is 9.10. The Morgan fingerprint density at radius 1 is 1.04 bits per heavy atom. The third-order valence-corrected chi connectivity index (χ3v) is 4.41. The van der Waals surface area contributed by atoms with Gasteiger partial charge in [0.25, 0.3) is 5.91 Å². The van der Waals surface area contributed by atoms with E-state index in [9.17, 15) is 4.79 Å². The fourth-order valence-electron chi connectivity index (χ4n) is 2.38. The Balaban J connectivity index is 1.73. The molecular formula is C21H25BrN2O2. The zero-order valence-corrected chi connectivity index (χ0v) is 16.7. The fraction of sp³-hybridized carbons (Fsp3) is 0.333. The molecule has 0 bridgehead atoms. The minimum absolute atomic E-state index is 0.239. The molecule has 2 aromatic rings. The molecule has 0 saturated heterocycles. The molecule has 1 amide bonds. The quantitative estimate of drug-likeness (QED) is 0.313. The average Bonchev–Trinajstić information content (AvgIpc) is 2.66. The summed E-state index contributed by atoms with van der Waals surface area (Å²) in [5.41, 5.74) is 3.99. The Morgan fingerprint density at radius 2 is 1.73 bits per heavy atom. The van der Waals surface area contributed by atoms with E-state index < -0.39 is 0 Å². The second-order valence-electron chi connectivity index (χ2n) is 6.04. The van der Waals surface area contributed by atoms with Crippen molar-refractivity contribution in [3.8, 4) is 5.75 Å². The molecule has 26 heavy (non-hydrogen) atoms. The summed E-state index contributed by atoms with van der Waals surface area (Å²) in [6.45, 7) is 2.97. The molecule has 138 valence electrons. The summed E-state index contributed by atoms with van der Waals surface area (Å²) in [5.74, 6) is 0.619. The van der Waals surface area contributed by atoms with E-state index >= 15 is 0 Å². The lowest BCUT2D eigenvalue weighted by atomic mass is 10.2. The lowest BCUT2D eigenvalue weighted by Crippen LogP contribution is -2.17. The zero-order valence-electron chi connectivity index (χ0n) is 15.1. The van der Waals surface area contributed by atoms with E-state index in [0.29, 0.717) is 5.56 Å². The number of hydrazone groups is 1. The highest BCUT2D eigenvalue weighted by Crippen LogP contribution is 2.13. The first-order chi connectivity index (χ1) is 12.7. The van der Waals surface area contributed by atoms with E-state index in [1.165, 1.54) is 25.7 Å². The van der Waals surface area contributed by atoms with Crippen LogP contribution in [0.3, 0.4) is 0 Å². The molecule has 0 aliphatic rings. The van der Waals surface area contributed by atoms with Crippen LogP contribution in [0.25, 0.3) is 0 Å². The van der Waals surface area contributed by atoms with Crippen LogP contribution in [-0.2, 0) is 0 Å². The van der Waals surface area contributed by atoms with Crippen molar-refractivity contribution in [3.05, 3.63) is 64.1 Å². The van der Waals surface area contributed by atoms with Crippen molar-refractivity contribution in [1.29, 1.82) is 0 Å². The minimum atomic E-state index is -0.239. The van der Waals surface area contributed by atoms with Crippen LogP contribution in [0.4, 0.5) is 0 Å². The summed E-state index contributed by atoms with van der Waals surface area (Å²) in [6.07, 6.45) is 7.76. The van der Waals surface area contributed by atoms with Gasteiger partial charge in [0.05, 0.1) is 12.8 Å². The Hall–Kier alpha value is -2.14. The topological polar surface area (TPSA) is 50.7 Å². The maximum Gasteiger partial charge on any atom is 0.271 e. The average molecular weight is 417 g/mol. The van der Waals surface area contributed by atoms with Gasteiger partial charge in [-0.3, -0.25) is 4.79 Å². The van der Waals surface area contributed by atoms with Gasteiger partial charge in [-0.15, -0.1) is 0 Å². The molecule has 2 rings (SSSR count). The molecule has 0 saturated carbocycles. The molecule has 0 aliphatic heterocycles. The molecule has 0 radical (unpaired) electrons. The van der Waals surface area contributed by atoms with Gasteiger partial charge in [-0.25, -0.2) is 5.43 Å². The Kier molecular flexibility index (Phi) is 8.90. The Morgan fingerprint density at radius 3 is 2.42 bits per heavy atom. The number of hydrogen-bond acceptors (Lipinski definition) is 3. The van der Waals surface area contributed by atoms with Crippen LogP contribution in [0.2, 0.25) is 0 Å². The fourth-order valence-corrected chi connectivity index (χ4v) is 2.64. The van der Waals surface area contributed by atoms with Crippen LogP contribution in [0.1, 0.15) is 54.9 Å². The second kappa shape index (κ2) is 11.5. The highest BCUT2D eigenvalue weighted by Gasteiger charge is 2.03. The number of nitrogens with zero attached hydrogens (tertiary/aromatic N) is 1. The predicted molar refractivity (Wildman–Crippen MR) is 110 cm³/mol. The van der Waals surface area contributed by atoms with Crippen molar-refractivity contribution in [2.75, 3.05) is 6.61 Å². The van der Waals surface area contributed by atoms with E-state index in [4.69, 9.17) is 4.74 Å². The number of hydrogen-bond donors (Lipinski definition) is 1. The van der Waals surface area contributed by atoms with Crippen LogP contribution in [0, 0.1) is 0 Å². The lowest BCUT2D eigenvalue weighted by molar-refractivity contribution is 0.0955. The number of rotatable bonds is 10. The van der Waals surface area contributed by atoms with Gasteiger partial charge in [-0.2, -0.15) is 5.10 Å². The van der Waals surface area contributed by atoms with Crippen LogP contribution in [0.15, 0.2) is 58.1 Å². The predicted octanol–water partition coefficient (Wildman–Crippen LogP) is 5.56. The van der Waals surface area contributed by atoms with Crippen molar-refractivity contribution in [2.45, 2.75) is 39.0 Å². The smallest absolute Gasteiger partial charge is 0.271 e. The zero-order chi connectivity index (χ0) is 18.6.